The highest BCUT2D eigenvalue weighted by molar-refractivity contribution is 5.69. The third-order valence-corrected chi connectivity index (χ3v) is 2.52. The van der Waals surface area contributed by atoms with E-state index in [1.165, 1.54) is 29.5 Å². The highest BCUT2D eigenvalue weighted by Crippen LogP contribution is 2.30. The third kappa shape index (κ3) is 1.59. The maximum absolute atomic E-state index is 5.08. The van der Waals surface area contributed by atoms with E-state index in [0.717, 1.165) is 6.42 Å². The van der Waals surface area contributed by atoms with E-state index in [9.17, 15) is 0 Å². The lowest BCUT2D eigenvalue weighted by molar-refractivity contribution is 0.338. The lowest BCUT2D eigenvalue weighted by Crippen LogP contribution is -2.01. The van der Waals surface area contributed by atoms with Gasteiger partial charge in [-0.05, 0) is 36.0 Å². The van der Waals surface area contributed by atoms with E-state index in [1.54, 1.807) is 7.11 Å². The molecule has 0 aliphatic heterocycles. The Morgan fingerprint density at radius 2 is 2.08 bits per heavy atom. The summed E-state index contributed by atoms with van der Waals surface area (Å²) in [5.41, 5.74) is 4.16. The predicted octanol–water partition coefficient (Wildman–Crippen LogP) is 3.01. The van der Waals surface area contributed by atoms with Gasteiger partial charge in [0.15, 0.2) is 0 Å². The van der Waals surface area contributed by atoms with Crippen LogP contribution in [0.4, 0.5) is 0 Å². The molecule has 0 aromatic heterocycles. The summed E-state index contributed by atoms with van der Waals surface area (Å²) < 4.78 is 5.08. The highest BCUT2D eigenvalue weighted by atomic mass is 16.5. The standard InChI is InChI=1S/C12H14O/c1-13-9-11-7-4-6-10-5-2-3-8-12(10)11/h2-3,5,8-9H,4,6-7H2,1H3. The summed E-state index contributed by atoms with van der Waals surface area (Å²) in [5.74, 6) is 0. The molecule has 0 unspecified atom stereocenters. The molecule has 1 aliphatic carbocycles. The van der Waals surface area contributed by atoms with Crippen LogP contribution in [-0.4, -0.2) is 7.11 Å². The molecule has 0 spiro atoms. The average molecular weight is 174 g/mol. The van der Waals surface area contributed by atoms with Crippen molar-refractivity contribution in [2.24, 2.45) is 0 Å². The average Bonchev–Trinajstić information content (AvgIpc) is 2.19. The van der Waals surface area contributed by atoms with Gasteiger partial charge < -0.3 is 4.74 Å². The minimum Gasteiger partial charge on any atom is -0.504 e. The van der Waals surface area contributed by atoms with Gasteiger partial charge in [-0.3, -0.25) is 0 Å². The van der Waals surface area contributed by atoms with Crippen molar-refractivity contribution in [3.8, 4) is 0 Å². The molecular weight excluding hydrogens is 160 g/mol. The van der Waals surface area contributed by atoms with Crippen LogP contribution in [0, 0.1) is 0 Å². The molecule has 0 saturated heterocycles. The molecule has 1 aromatic carbocycles. The zero-order valence-electron chi connectivity index (χ0n) is 7.92. The van der Waals surface area contributed by atoms with E-state index < -0.39 is 0 Å². The fourth-order valence-electron chi connectivity index (χ4n) is 1.92. The Balaban J connectivity index is 2.42. The normalized spacial score (nSPS) is 18.4. The number of fused-ring (bicyclic) bond motifs is 1. The van der Waals surface area contributed by atoms with E-state index in [2.05, 4.69) is 24.3 Å². The number of allylic oxidation sites excluding steroid dienone is 1. The number of methoxy groups -OCH3 is 1. The molecule has 13 heavy (non-hydrogen) atoms. The summed E-state index contributed by atoms with van der Waals surface area (Å²) >= 11 is 0. The molecule has 1 heteroatoms. The van der Waals surface area contributed by atoms with Crippen molar-refractivity contribution >= 4 is 5.57 Å². The van der Waals surface area contributed by atoms with Crippen molar-refractivity contribution in [3.05, 3.63) is 41.7 Å². The Morgan fingerprint density at radius 3 is 2.92 bits per heavy atom. The maximum atomic E-state index is 5.08. The molecule has 0 amide bonds. The first kappa shape index (κ1) is 8.36. The first-order valence-electron chi connectivity index (χ1n) is 4.72. The molecular formula is C12H14O. The summed E-state index contributed by atoms with van der Waals surface area (Å²) in [4.78, 5) is 0. The molecule has 0 atom stereocenters. The second-order valence-electron chi connectivity index (χ2n) is 3.39. The van der Waals surface area contributed by atoms with Crippen LogP contribution >= 0.6 is 0 Å². The van der Waals surface area contributed by atoms with Crippen molar-refractivity contribution < 1.29 is 4.74 Å². The number of rotatable bonds is 1. The number of aryl methyl sites for hydroxylation is 1. The first-order chi connectivity index (χ1) is 6.42. The molecule has 68 valence electrons. The summed E-state index contributed by atoms with van der Waals surface area (Å²) in [6, 6.07) is 8.58. The topological polar surface area (TPSA) is 9.23 Å². The van der Waals surface area contributed by atoms with Crippen LogP contribution in [-0.2, 0) is 11.2 Å². The zero-order valence-corrected chi connectivity index (χ0v) is 7.92. The molecule has 1 aliphatic rings. The largest absolute Gasteiger partial charge is 0.504 e. The van der Waals surface area contributed by atoms with Crippen molar-refractivity contribution in [1.82, 2.24) is 0 Å². The van der Waals surface area contributed by atoms with E-state index in [0.29, 0.717) is 0 Å². The number of hydrogen-bond acceptors (Lipinski definition) is 1. The molecule has 0 fully saturated rings. The van der Waals surface area contributed by atoms with Crippen LogP contribution in [0.5, 0.6) is 0 Å². The third-order valence-electron chi connectivity index (χ3n) is 2.52. The Morgan fingerprint density at radius 1 is 1.23 bits per heavy atom. The predicted molar refractivity (Wildman–Crippen MR) is 54.4 cm³/mol. The molecule has 1 nitrogen and oxygen atoms in total. The second-order valence-corrected chi connectivity index (χ2v) is 3.39. The van der Waals surface area contributed by atoms with Gasteiger partial charge in [0, 0.05) is 0 Å². The van der Waals surface area contributed by atoms with Crippen LogP contribution in [0.3, 0.4) is 0 Å². The molecule has 1 aromatic rings. The van der Waals surface area contributed by atoms with E-state index >= 15 is 0 Å². The van der Waals surface area contributed by atoms with Gasteiger partial charge in [0.25, 0.3) is 0 Å². The minimum absolute atomic E-state index is 1.14. The van der Waals surface area contributed by atoms with Gasteiger partial charge in [0.2, 0.25) is 0 Å². The molecule has 0 saturated carbocycles. The van der Waals surface area contributed by atoms with Crippen molar-refractivity contribution in [2.45, 2.75) is 19.3 Å². The summed E-state index contributed by atoms with van der Waals surface area (Å²) in [7, 11) is 1.71. The minimum atomic E-state index is 1.14. The first-order valence-corrected chi connectivity index (χ1v) is 4.72. The van der Waals surface area contributed by atoms with Crippen molar-refractivity contribution in [1.29, 1.82) is 0 Å². The number of benzene rings is 1. The van der Waals surface area contributed by atoms with E-state index in [1.807, 2.05) is 6.26 Å². The molecule has 0 heterocycles. The lowest BCUT2D eigenvalue weighted by atomic mass is 9.88. The Hall–Kier alpha value is -1.24. The Kier molecular flexibility index (Phi) is 2.35. The van der Waals surface area contributed by atoms with Crippen LogP contribution < -0.4 is 0 Å². The fourth-order valence-corrected chi connectivity index (χ4v) is 1.92. The van der Waals surface area contributed by atoms with Crippen LogP contribution in [0.2, 0.25) is 0 Å². The zero-order chi connectivity index (χ0) is 9.10. The second kappa shape index (κ2) is 3.65. The van der Waals surface area contributed by atoms with Gasteiger partial charge in [0.05, 0.1) is 13.4 Å². The Labute approximate surface area is 79.0 Å². The monoisotopic (exact) mass is 174 g/mol. The van der Waals surface area contributed by atoms with Gasteiger partial charge >= 0.3 is 0 Å². The van der Waals surface area contributed by atoms with Crippen LogP contribution in [0.25, 0.3) is 5.57 Å². The fraction of sp³-hybridized carbons (Fsp3) is 0.333. The molecule has 0 bridgehead atoms. The molecule has 0 radical (unpaired) electrons. The van der Waals surface area contributed by atoms with Crippen LogP contribution in [0.1, 0.15) is 24.0 Å². The summed E-state index contributed by atoms with van der Waals surface area (Å²) in [6.45, 7) is 0. The van der Waals surface area contributed by atoms with Gasteiger partial charge in [-0.15, -0.1) is 0 Å². The van der Waals surface area contributed by atoms with Crippen molar-refractivity contribution in [2.75, 3.05) is 7.11 Å². The summed E-state index contributed by atoms with van der Waals surface area (Å²) in [5, 5.41) is 0. The van der Waals surface area contributed by atoms with Crippen LogP contribution in [0.15, 0.2) is 30.5 Å². The van der Waals surface area contributed by atoms with Gasteiger partial charge in [-0.1, -0.05) is 24.3 Å². The number of ether oxygens (including phenoxy) is 1. The molecule has 0 N–H and O–H groups in total. The smallest absolute Gasteiger partial charge is 0.0862 e. The van der Waals surface area contributed by atoms with Crippen molar-refractivity contribution in [3.63, 3.8) is 0 Å². The lowest BCUT2D eigenvalue weighted by Gasteiger charge is -2.17. The van der Waals surface area contributed by atoms with E-state index in [4.69, 9.17) is 4.74 Å². The SMILES string of the molecule is COC=C1CCCc2ccccc21. The summed E-state index contributed by atoms with van der Waals surface area (Å²) in [6.07, 6.45) is 5.46. The maximum Gasteiger partial charge on any atom is 0.0862 e. The van der Waals surface area contributed by atoms with E-state index in [-0.39, 0.29) is 0 Å². The van der Waals surface area contributed by atoms with Gasteiger partial charge in [-0.25, -0.2) is 0 Å². The molecule has 2 rings (SSSR count). The highest BCUT2D eigenvalue weighted by Gasteiger charge is 2.12. The quantitative estimate of drug-likeness (QED) is 0.595. The van der Waals surface area contributed by atoms with Gasteiger partial charge in [0.1, 0.15) is 0 Å². The van der Waals surface area contributed by atoms with Gasteiger partial charge in [-0.2, -0.15) is 0 Å². The Bertz CT molecular complexity index is 326. The number of hydrogen-bond donors (Lipinski definition) is 0.